The van der Waals surface area contributed by atoms with Crippen molar-refractivity contribution in [1.82, 2.24) is 0 Å². The Morgan fingerprint density at radius 2 is 1.85 bits per heavy atom. The van der Waals surface area contributed by atoms with Gasteiger partial charge in [-0.05, 0) is 20.3 Å². The van der Waals surface area contributed by atoms with E-state index in [0.717, 1.165) is 6.42 Å². The molecule has 0 aromatic carbocycles. The molecule has 0 radical (unpaired) electrons. The lowest BCUT2D eigenvalue weighted by Gasteiger charge is -2.16. The first-order valence-electron chi connectivity index (χ1n) is 4.77. The van der Waals surface area contributed by atoms with E-state index in [-0.39, 0.29) is 6.29 Å². The summed E-state index contributed by atoms with van der Waals surface area (Å²) in [7, 11) is 0. The number of hydrogen-bond acceptors (Lipinski definition) is 3. The van der Waals surface area contributed by atoms with Gasteiger partial charge in [-0.2, -0.15) is 0 Å². The van der Waals surface area contributed by atoms with Crippen LogP contribution in [0, 0.1) is 0 Å². The van der Waals surface area contributed by atoms with Crippen molar-refractivity contribution < 1.29 is 14.2 Å². The quantitative estimate of drug-likeness (QED) is 0.314. The summed E-state index contributed by atoms with van der Waals surface area (Å²) in [6.45, 7) is 9.96. The van der Waals surface area contributed by atoms with E-state index in [4.69, 9.17) is 14.2 Å². The second-order valence-electron chi connectivity index (χ2n) is 2.49. The van der Waals surface area contributed by atoms with Crippen LogP contribution in [0.3, 0.4) is 0 Å². The standard InChI is InChI=1S/C10H20O3/c1-4-7-8-11-9-10(12-5-2)13-6-3/h4,10H,1,5-9H2,2-3H3. The summed E-state index contributed by atoms with van der Waals surface area (Å²) in [6.07, 6.45) is 2.47. The summed E-state index contributed by atoms with van der Waals surface area (Å²) in [5.74, 6) is 0. The van der Waals surface area contributed by atoms with Crippen LogP contribution in [0.15, 0.2) is 12.7 Å². The van der Waals surface area contributed by atoms with E-state index in [2.05, 4.69) is 6.58 Å². The molecule has 0 aromatic heterocycles. The van der Waals surface area contributed by atoms with Crippen LogP contribution < -0.4 is 0 Å². The Morgan fingerprint density at radius 1 is 1.23 bits per heavy atom. The third-order valence-electron chi connectivity index (χ3n) is 1.43. The van der Waals surface area contributed by atoms with Crippen molar-refractivity contribution in [3.05, 3.63) is 12.7 Å². The highest BCUT2D eigenvalue weighted by atomic mass is 16.7. The van der Waals surface area contributed by atoms with E-state index in [1.54, 1.807) is 0 Å². The molecule has 0 saturated heterocycles. The summed E-state index contributed by atoms with van der Waals surface area (Å²) in [6, 6.07) is 0. The molecule has 78 valence electrons. The largest absolute Gasteiger partial charge is 0.376 e. The van der Waals surface area contributed by atoms with Crippen LogP contribution in [0.2, 0.25) is 0 Å². The Balaban J connectivity index is 3.37. The fraction of sp³-hybridized carbons (Fsp3) is 0.800. The number of hydrogen-bond donors (Lipinski definition) is 0. The van der Waals surface area contributed by atoms with Gasteiger partial charge in [-0.1, -0.05) is 6.08 Å². The van der Waals surface area contributed by atoms with Gasteiger partial charge in [0.25, 0.3) is 0 Å². The van der Waals surface area contributed by atoms with Crippen LogP contribution in [0.1, 0.15) is 20.3 Å². The van der Waals surface area contributed by atoms with Gasteiger partial charge in [-0.15, -0.1) is 6.58 Å². The first-order valence-corrected chi connectivity index (χ1v) is 4.77. The lowest BCUT2D eigenvalue weighted by Crippen LogP contribution is -2.23. The molecule has 3 nitrogen and oxygen atoms in total. The molecule has 0 unspecified atom stereocenters. The molecule has 3 heteroatoms. The minimum absolute atomic E-state index is 0.222. The highest BCUT2D eigenvalue weighted by molar-refractivity contribution is 4.64. The van der Waals surface area contributed by atoms with Crippen LogP contribution in [0.25, 0.3) is 0 Å². The molecule has 0 fully saturated rings. The van der Waals surface area contributed by atoms with E-state index in [1.807, 2.05) is 19.9 Å². The molecule has 0 rings (SSSR count). The Morgan fingerprint density at radius 3 is 2.31 bits per heavy atom. The topological polar surface area (TPSA) is 27.7 Å². The lowest BCUT2D eigenvalue weighted by molar-refractivity contribution is -0.166. The first kappa shape index (κ1) is 12.6. The van der Waals surface area contributed by atoms with Crippen LogP contribution in [0.5, 0.6) is 0 Å². The van der Waals surface area contributed by atoms with Gasteiger partial charge in [0.15, 0.2) is 6.29 Å². The predicted molar refractivity (Wildman–Crippen MR) is 52.7 cm³/mol. The fourth-order valence-corrected chi connectivity index (χ4v) is 0.862. The summed E-state index contributed by atoms with van der Waals surface area (Å²) in [4.78, 5) is 0. The zero-order valence-electron chi connectivity index (χ0n) is 8.62. The van der Waals surface area contributed by atoms with Crippen LogP contribution in [-0.2, 0) is 14.2 Å². The second-order valence-corrected chi connectivity index (χ2v) is 2.49. The van der Waals surface area contributed by atoms with Gasteiger partial charge in [0.1, 0.15) is 0 Å². The summed E-state index contributed by atoms with van der Waals surface area (Å²) < 4.78 is 15.9. The van der Waals surface area contributed by atoms with Gasteiger partial charge in [0.2, 0.25) is 0 Å². The van der Waals surface area contributed by atoms with Crippen LogP contribution in [0.4, 0.5) is 0 Å². The van der Waals surface area contributed by atoms with Crippen molar-refractivity contribution in [1.29, 1.82) is 0 Å². The van der Waals surface area contributed by atoms with Crippen molar-refractivity contribution in [3.8, 4) is 0 Å². The molecule has 13 heavy (non-hydrogen) atoms. The molecule has 0 aliphatic heterocycles. The molecule has 0 atom stereocenters. The third-order valence-corrected chi connectivity index (χ3v) is 1.43. The smallest absolute Gasteiger partial charge is 0.180 e. The molecule has 0 spiro atoms. The Bertz CT molecular complexity index is 109. The Labute approximate surface area is 80.7 Å². The van der Waals surface area contributed by atoms with Crippen molar-refractivity contribution in [2.24, 2.45) is 0 Å². The van der Waals surface area contributed by atoms with E-state index in [9.17, 15) is 0 Å². The maximum Gasteiger partial charge on any atom is 0.180 e. The normalized spacial score (nSPS) is 10.7. The predicted octanol–water partition coefficient (Wildman–Crippen LogP) is 1.98. The Hall–Kier alpha value is -0.380. The fourth-order valence-electron chi connectivity index (χ4n) is 0.862. The van der Waals surface area contributed by atoms with Gasteiger partial charge in [0.05, 0.1) is 13.2 Å². The highest BCUT2D eigenvalue weighted by Crippen LogP contribution is 1.96. The Kier molecular flexibility index (Phi) is 9.42. The zero-order valence-corrected chi connectivity index (χ0v) is 8.62. The van der Waals surface area contributed by atoms with E-state index < -0.39 is 0 Å². The molecule has 0 bridgehead atoms. The maximum atomic E-state index is 5.32. The number of ether oxygens (including phenoxy) is 3. The third kappa shape index (κ3) is 7.96. The summed E-state index contributed by atoms with van der Waals surface area (Å²) in [5.41, 5.74) is 0. The molecule has 0 amide bonds. The van der Waals surface area contributed by atoms with Crippen molar-refractivity contribution in [2.45, 2.75) is 26.6 Å². The van der Waals surface area contributed by atoms with E-state index in [0.29, 0.717) is 26.4 Å². The zero-order chi connectivity index (χ0) is 9.94. The molecular weight excluding hydrogens is 168 g/mol. The van der Waals surface area contributed by atoms with Gasteiger partial charge >= 0.3 is 0 Å². The SMILES string of the molecule is C=CCCOCC(OCC)OCC. The monoisotopic (exact) mass is 188 g/mol. The molecule has 0 aliphatic rings. The van der Waals surface area contributed by atoms with Gasteiger partial charge in [-0.3, -0.25) is 0 Å². The van der Waals surface area contributed by atoms with Gasteiger partial charge in [0, 0.05) is 13.2 Å². The molecule has 0 saturated carbocycles. The highest BCUT2D eigenvalue weighted by Gasteiger charge is 2.06. The van der Waals surface area contributed by atoms with Crippen molar-refractivity contribution in [2.75, 3.05) is 26.4 Å². The molecule has 0 N–H and O–H groups in total. The summed E-state index contributed by atoms with van der Waals surface area (Å²) >= 11 is 0. The summed E-state index contributed by atoms with van der Waals surface area (Å²) in [5, 5.41) is 0. The lowest BCUT2D eigenvalue weighted by atomic mass is 10.4. The first-order chi connectivity index (χ1) is 6.35. The average Bonchev–Trinajstić information content (AvgIpc) is 2.13. The maximum absolute atomic E-state index is 5.32. The minimum atomic E-state index is -0.222. The molecule has 0 heterocycles. The molecular formula is C10H20O3. The van der Waals surface area contributed by atoms with Crippen LogP contribution in [-0.4, -0.2) is 32.7 Å². The minimum Gasteiger partial charge on any atom is -0.376 e. The van der Waals surface area contributed by atoms with Crippen LogP contribution >= 0.6 is 0 Å². The molecule has 0 aromatic rings. The second kappa shape index (κ2) is 9.71. The van der Waals surface area contributed by atoms with Crippen molar-refractivity contribution in [3.63, 3.8) is 0 Å². The average molecular weight is 188 g/mol. The number of rotatable bonds is 9. The van der Waals surface area contributed by atoms with E-state index in [1.165, 1.54) is 0 Å². The van der Waals surface area contributed by atoms with Gasteiger partial charge < -0.3 is 14.2 Å². The molecule has 0 aliphatic carbocycles. The van der Waals surface area contributed by atoms with E-state index >= 15 is 0 Å². The van der Waals surface area contributed by atoms with Gasteiger partial charge in [-0.25, -0.2) is 0 Å². The van der Waals surface area contributed by atoms with Crippen molar-refractivity contribution >= 4 is 0 Å².